The minimum absolute atomic E-state index is 0.208. The maximum Gasteiger partial charge on any atom is 0.123 e. The monoisotopic (exact) mass is 169 g/mol. The summed E-state index contributed by atoms with van der Waals surface area (Å²) >= 11 is 0. The molecule has 1 unspecified atom stereocenters. The molecular weight excluding hydrogens is 157 g/mol. The molecule has 1 atom stereocenters. The minimum Gasteiger partial charge on any atom is -0.375 e. The van der Waals surface area contributed by atoms with Gasteiger partial charge in [-0.05, 0) is 17.7 Å². The van der Waals surface area contributed by atoms with Gasteiger partial charge >= 0.3 is 0 Å². The SMILES string of the molecule is COC(CN)c1cccc(F)c1. The molecular formula is C9H12FNO. The maximum atomic E-state index is 12.7. The molecule has 0 fully saturated rings. The van der Waals surface area contributed by atoms with Gasteiger partial charge < -0.3 is 10.5 Å². The molecule has 0 aromatic heterocycles. The van der Waals surface area contributed by atoms with Crippen molar-refractivity contribution in [2.45, 2.75) is 6.10 Å². The van der Waals surface area contributed by atoms with Crippen LogP contribution in [0.5, 0.6) is 0 Å². The van der Waals surface area contributed by atoms with Crippen molar-refractivity contribution in [1.82, 2.24) is 0 Å². The van der Waals surface area contributed by atoms with Gasteiger partial charge in [0.15, 0.2) is 0 Å². The van der Waals surface area contributed by atoms with Gasteiger partial charge in [0.05, 0.1) is 6.10 Å². The maximum absolute atomic E-state index is 12.7. The summed E-state index contributed by atoms with van der Waals surface area (Å²) in [5.41, 5.74) is 6.20. The van der Waals surface area contributed by atoms with E-state index in [1.54, 1.807) is 19.2 Å². The zero-order chi connectivity index (χ0) is 8.97. The van der Waals surface area contributed by atoms with Gasteiger partial charge in [0.25, 0.3) is 0 Å². The van der Waals surface area contributed by atoms with E-state index in [0.717, 1.165) is 5.56 Å². The number of halogens is 1. The molecule has 1 aromatic carbocycles. The second-order valence-electron chi connectivity index (χ2n) is 2.52. The van der Waals surface area contributed by atoms with E-state index in [0.29, 0.717) is 6.54 Å². The van der Waals surface area contributed by atoms with Gasteiger partial charge in [0.1, 0.15) is 5.82 Å². The third kappa shape index (κ3) is 2.03. The smallest absolute Gasteiger partial charge is 0.123 e. The molecule has 0 saturated heterocycles. The zero-order valence-corrected chi connectivity index (χ0v) is 6.96. The molecule has 0 saturated carbocycles. The van der Waals surface area contributed by atoms with Gasteiger partial charge in [-0.25, -0.2) is 4.39 Å². The van der Waals surface area contributed by atoms with Crippen molar-refractivity contribution in [3.8, 4) is 0 Å². The first-order valence-electron chi connectivity index (χ1n) is 3.76. The van der Waals surface area contributed by atoms with E-state index in [9.17, 15) is 4.39 Å². The third-order valence-corrected chi connectivity index (χ3v) is 1.72. The Balaban J connectivity index is 2.85. The highest BCUT2D eigenvalue weighted by molar-refractivity contribution is 5.19. The van der Waals surface area contributed by atoms with Crippen LogP contribution in [0.1, 0.15) is 11.7 Å². The predicted octanol–water partition coefficient (Wildman–Crippen LogP) is 1.47. The van der Waals surface area contributed by atoms with Crippen LogP contribution in [-0.2, 0) is 4.74 Å². The van der Waals surface area contributed by atoms with Crippen molar-refractivity contribution in [3.63, 3.8) is 0 Å². The van der Waals surface area contributed by atoms with E-state index >= 15 is 0 Å². The van der Waals surface area contributed by atoms with Crippen LogP contribution < -0.4 is 5.73 Å². The molecule has 0 spiro atoms. The van der Waals surface area contributed by atoms with Crippen LogP contribution in [0.4, 0.5) is 4.39 Å². The van der Waals surface area contributed by atoms with Gasteiger partial charge in [-0.1, -0.05) is 12.1 Å². The summed E-state index contributed by atoms with van der Waals surface area (Å²) < 4.78 is 17.8. The van der Waals surface area contributed by atoms with Gasteiger partial charge in [-0.2, -0.15) is 0 Å². The third-order valence-electron chi connectivity index (χ3n) is 1.72. The second kappa shape index (κ2) is 4.18. The fraction of sp³-hybridized carbons (Fsp3) is 0.333. The van der Waals surface area contributed by atoms with Crippen molar-refractivity contribution in [1.29, 1.82) is 0 Å². The summed E-state index contributed by atoms with van der Waals surface area (Å²) in [4.78, 5) is 0. The predicted molar refractivity (Wildman–Crippen MR) is 45.2 cm³/mol. The molecule has 0 aliphatic carbocycles. The largest absolute Gasteiger partial charge is 0.375 e. The molecule has 1 aromatic rings. The normalized spacial score (nSPS) is 12.9. The summed E-state index contributed by atoms with van der Waals surface area (Å²) in [5, 5.41) is 0. The highest BCUT2D eigenvalue weighted by atomic mass is 19.1. The first-order chi connectivity index (χ1) is 5.77. The van der Waals surface area contributed by atoms with Crippen LogP contribution in [0.3, 0.4) is 0 Å². The summed E-state index contributed by atoms with van der Waals surface area (Å²) in [6.45, 7) is 0.361. The fourth-order valence-corrected chi connectivity index (χ4v) is 1.08. The van der Waals surface area contributed by atoms with Crippen LogP contribution in [0, 0.1) is 5.82 Å². The average molecular weight is 169 g/mol. The van der Waals surface area contributed by atoms with E-state index in [1.807, 2.05) is 0 Å². The van der Waals surface area contributed by atoms with E-state index in [1.165, 1.54) is 12.1 Å². The molecule has 0 heterocycles. The standard InChI is InChI=1S/C9H12FNO/c1-12-9(6-11)7-3-2-4-8(10)5-7/h2-5,9H,6,11H2,1H3. The van der Waals surface area contributed by atoms with Crippen molar-refractivity contribution in [2.75, 3.05) is 13.7 Å². The Bertz CT molecular complexity index is 248. The van der Waals surface area contributed by atoms with Crippen molar-refractivity contribution in [3.05, 3.63) is 35.6 Å². The lowest BCUT2D eigenvalue weighted by molar-refractivity contribution is 0.110. The Morgan fingerprint density at radius 2 is 2.33 bits per heavy atom. The van der Waals surface area contributed by atoms with Gasteiger partial charge in [-0.3, -0.25) is 0 Å². The summed E-state index contributed by atoms with van der Waals surface area (Å²) in [5.74, 6) is -0.261. The average Bonchev–Trinajstić information content (AvgIpc) is 2.07. The van der Waals surface area contributed by atoms with E-state index in [4.69, 9.17) is 10.5 Å². The summed E-state index contributed by atoms with van der Waals surface area (Å²) in [6, 6.07) is 6.27. The molecule has 2 N–H and O–H groups in total. The molecule has 3 heteroatoms. The van der Waals surface area contributed by atoms with Crippen LogP contribution in [-0.4, -0.2) is 13.7 Å². The fourth-order valence-electron chi connectivity index (χ4n) is 1.08. The minimum atomic E-state index is -0.261. The number of hydrogen-bond donors (Lipinski definition) is 1. The lowest BCUT2D eigenvalue weighted by Gasteiger charge is -2.12. The molecule has 0 radical (unpaired) electrons. The Morgan fingerprint density at radius 1 is 1.58 bits per heavy atom. The highest BCUT2D eigenvalue weighted by Gasteiger charge is 2.07. The molecule has 66 valence electrons. The first-order valence-corrected chi connectivity index (χ1v) is 3.76. The Labute approximate surface area is 71.1 Å². The van der Waals surface area contributed by atoms with E-state index in [2.05, 4.69) is 0 Å². The number of hydrogen-bond acceptors (Lipinski definition) is 2. The molecule has 2 nitrogen and oxygen atoms in total. The molecule has 0 aliphatic rings. The molecule has 12 heavy (non-hydrogen) atoms. The highest BCUT2D eigenvalue weighted by Crippen LogP contribution is 2.15. The number of ether oxygens (including phenoxy) is 1. The van der Waals surface area contributed by atoms with Crippen LogP contribution >= 0.6 is 0 Å². The van der Waals surface area contributed by atoms with Gasteiger partial charge in [0, 0.05) is 13.7 Å². The molecule has 0 bridgehead atoms. The van der Waals surface area contributed by atoms with Gasteiger partial charge in [-0.15, -0.1) is 0 Å². The summed E-state index contributed by atoms with van der Waals surface area (Å²) in [7, 11) is 1.56. The van der Waals surface area contributed by atoms with Gasteiger partial charge in [0.2, 0.25) is 0 Å². The van der Waals surface area contributed by atoms with E-state index in [-0.39, 0.29) is 11.9 Å². The lowest BCUT2D eigenvalue weighted by atomic mass is 10.1. The molecule has 0 amide bonds. The second-order valence-corrected chi connectivity index (χ2v) is 2.52. The van der Waals surface area contributed by atoms with Crippen LogP contribution in [0.25, 0.3) is 0 Å². The molecule has 0 aliphatic heterocycles. The first kappa shape index (κ1) is 9.16. The Kier molecular flexibility index (Phi) is 3.19. The number of methoxy groups -OCH3 is 1. The molecule has 1 rings (SSSR count). The quantitative estimate of drug-likeness (QED) is 0.743. The number of nitrogens with two attached hydrogens (primary N) is 1. The van der Waals surface area contributed by atoms with Crippen molar-refractivity contribution in [2.24, 2.45) is 5.73 Å². The topological polar surface area (TPSA) is 35.2 Å². The van der Waals surface area contributed by atoms with Crippen molar-refractivity contribution < 1.29 is 9.13 Å². The van der Waals surface area contributed by atoms with E-state index < -0.39 is 0 Å². The Hall–Kier alpha value is -0.930. The Morgan fingerprint density at radius 3 is 2.83 bits per heavy atom. The van der Waals surface area contributed by atoms with Crippen molar-refractivity contribution >= 4 is 0 Å². The number of benzene rings is 1. The van der Waals surface area contributed by atoms with Crippen LogP contribution in [0.2, 0.25) is 0 Å². The van der Waals surface area contributed by atoms with Crippen LogP contribution in [0.15, 0.2) is 24.3 Å². The summed E-state index contributed by atoms with van der Waals surface area (Å²) in [6.07, 6.45) is -0.208. The number of rotatable bonds is 3. The zero-order valence-electron chi connectivity index (χ0n) is 6.96. The lowest BCUT2D eigenvalue weighted by Crippen LogP contribution is -2.14.